The van der Waals surface area contributed by atoms with Crippen LogP contribution < -0.4 is 14.4 Å². The topological polar surface area (TPSA) is 80.5 Å². The summed E-state index contributed by atoms with van der Waals surface area (Å²) >= 11 is 0. The fourth-order valence-electron chi connectivity index (χ4n) is 2.96. The molecule has 25 heavy (non-hydrogen) atoms. The van der Waals surface area contributed by atoms with E-state index in [0.29, 0.717) is 30.2 Å². The molecule has 0 aromatic heterocycles. The summed E-state index contributed by atoms with van der Waals surface area (Å²) in [5.41, 5.74) is 0.698. The molecule has 1 aliphatic rings. The molecule has 1 amide bonds. The molecule has 1 aromatic rings. The number of ether oxygens (including phenoxy) is 2. The highest BCUT2D eigenvalue weighted by Gasteiger charge is 2.43. The van der Waals surface area contributed by atoms with E-state index in [9.17, 15) is 14.7 Å². The first kappa shape index (κ1) is 18.8. The maximum absolute atomic E-state index is 12.6. The molecule has 136 valence electrons. The number of nitrogens with one attached hydrogen (secondary N) is 1. The number of hydrogen-bond acceptors (Lipinski definition) is 5. The van der Waals surface area contributed by atoms with Crippen LogP contribution in [0.2, 0.25) is 0 Å². The van der Waals surface area contributed by atoms with Gasteiger partial charge in [0.25, 0.3) is 5.91 Å². The van der Waals surface area contributed by atoms with Crippen LogP contribution in [-0.4, -0.2) is 63.1 Å². The molecular weight excluding hydrogens is 324 g/mol. The number of aliphatic hydroxyl groups is 1. The van der Waals surface area contributed by atoms with Crippen molar-refractivity contribution in [2.75, 3.05) is 41.4 Å². The van der Waals surface area contributed by atoms with Crippen molar-refractivity contribution in [3.8, 4) is 11.5 Å². The number of likely N-dealkylation sites (N-methyl/N-ethyl adjacent to an activating group) is 1. The third-order valence-electron chi connectivity index (χ3n) is 4.27. The third kappa shape index (κ3) is 3.61. The maximum atomic E-state index is 12.6. The Morgan fingerprint density at radius 3 is 2.48 bits per heavy atom. The number of benzene rings is 1. The van der Waals surface area contributed by atoms with Crippen molar-refractivity contribution in [2.45, 2.75) is 13.0 Å². The quantitative estimate of drug-likeness (QED) is 0.732. The lowest BCUT2D eigenvalue weighted by atomic mass is 9.95. The van der Waals surface area contributed by atoms with Gasteiger partial charge in [-0.05, 0) is 25.1 Å². The highest BCUT2D eigenvalue weighted by atomic mass is 16.5. The van der Waals surface area contributed by atoms with Crippen LogP contribution in [0.15, 0.2) is 29.5 Å². The van der Waals surface area contributed by atoms with Crippen molar-refractivity contribution in [3.05, 3.63) is 35.1 Å². The van der Waals surface area contributed by atoms with Gasteiger partial charge < -0.3 is 24.4 Å². The van der Waals surface area contributed by atoms with Crippen molar-refractivity contribution in [1.29, 1.82) is 0 Å². The Bertz CT molecular complexity index is 711. The minimum absolute atomic E-state index is 0.0882. The number of carbonyl (C=O) groups excluding carboxylic acids is 2. The molecule has 7 nitrogen and oxygen atoms in total. The molecule has 0 bridgehead atoms. The maximum Gasteiger partial charge on any atom is 0.290 e. The number of quaternary nitrogens is 1. The van der Waals surface area contributed by atoms with E-state index in [2.05, 4.69) is 0 Å². The molecular formula is C18H25N2O5+. The van der Waals surface area contributed by atoms with Crippen LogP contribution in [0.3, 0.4) is 0 Å². The zero-order valence-electron chi connectivity index (χ0n) is 15.3. The number of amides is 1. The number of aliphatic hydroxyl groups excluding tert-OH is 1. The average Bonchev–Trinajstić information content (AvgIpc) is 2.83. The lowest BCUT2D eigenvalue weighted by Crippen LogP contribution is -3.06. The summed E-state index contributed by atoms with van der Waals surface area (Å²) in [6.07, 6.45) is 0. The monoisotopic (exact) mass is 349 g/mol. The molecule has 0 spiro atoms. The highest BCUT2D eigenvalue weighted by molar-refractivity contribution is 6.08. The van der Waals surface area contributed by atoms with Crippen LogP contribution in [0.5, 0.6) is 11.5 Å². The Morgan fingerprint density at radius 2 is 1.96 bits per heavy atom. The standard InChI is InChI=1S/C18H24N2O5/c1-11(21)15-16(13-10-12(24-4)6-7-14(13)25-5)20(9-8-19(2)3)18(23)17(15)22/h6-7,10,16,22H,8-9H2,1-5H3/p+1/t16-/m1/s1. The normalized spacial score (nSPS) is 17.4. The highest BCUT2D eigenvalue weighted by Crippen LogP contribution is 2.42. The van der Waals surface area contributed by atoms with Crippen molar-refractivity contribution in [2.24, 2.45) is 0 Å². The molecule has 7 heteroatoms. The average molecular weight is 349 g/mol. The fourth-order valence-corrected chi connectivity index (χ4v) is 2.96. The Labute approximate surface area is 147 Å². The lowest BCUT2D eigenvalue weighted by Gasteiger charge is -2.28. The predicted molar refractivity (Wildman–Crippen MR) is 92.0 cm³/mol. The van der Waals surface area contributed by atoms with Crippen LogP contribution in [0.1, 0.15) is 18.5 Å². The summed E-state index contributed by atoms with van der Waals surface area (Å²) in [4.78, 5) is 27.4. The summed E-state index contributed by atoms with van der Waals surface area (Å²) in [6.45, 7) is 2.42. The number of ketones is 1. The van der Waals surface area contributed by atoms with Gasteiger partial charge in [0.05, 0.1) is 53.0 Å². The summed E-state index contributed by atoms with van der Waals surface area (Å²) in [5.74, 6) is -0.275. The van der Waals surface area contributed by atoms with Gasteiger partial charge in [-0.1, -0.05) is 0 Å². The first-order valence-electron chi connectivity index (χ1n) is 8.07. The number of Topliss-reactive ketones (excluding diaryl/α,β-unsaturated/α-hetero) is 1. The molecule has 1 aromatic carbocycles. The van der Waals surface area contributed by atoms with Gasteiger partial charge in [0.15, 0.2) is 11.5 Å². The van der Waals surface area contributed by atoms with E-state index in [4.69, 9.17) is 9.47 Å². The lowest BCUT2D eigenvalue weighted by molar-refractivity contribution is -0.857. The van der Waals surface area contributed by atoms with Gasteiger partial charge in [-0.2, -0.15) is 0 Å². The van der Waals surface area contributed by atoms with Gasteiger partial charge in [0.2, 0.25) is 0 Å². The summed E-state index contributed by atoms with van der Waals surface area (Å²) < 4.78 is 10.7. The second kappa shape index (κ2) is 7.57. The second-order valence-electron chi connectivity index (χ2n) is 6.28. The van der Waals surface area contributed by atoms with Crippen molar-refractivity contribution in [3.63, 3.8) is 0 Å². The van der Waals surface area contributed by atoms with Gasteiger partial charge in [-0.3, -0.25) is 9.59 Å². The van der Waals surface area contributed by atoms with E-state index in [0.717, 1.165) is 4.90 Å². The van der Waals surface area contributed by atoms with Crippen molar-refractivity contribution < 1.29 is 29.1 Å². The molecule has 2 N–H and O–H groups in total. The second-order valence-corrected chi connectivity index (χ2v) is 6.28. The molecule has 0 saturated heterocycles. The minimum Gasteiger partial charge on any atom is -0.503 e. The number of hydrogen-bond donors (Lipinski definition) is 2. The van der Waals surface area contributed by atoms with Crippen LogP contribution in [-0.2, 0) is 9.59 Å². The fraction of sp³-hybridized carbons (Fsp3) is 0.444. The SMILES string of the molecule is COc1ccc(OC)c([C@@H]2C(C(C)=O)=C(O)C(=O)N2CC[NH+](C)C)c1. The molecule has 0 unspecified atom stereocenters. The molecule has 1 heterocycles. The number of carbonyl (C=O) groups is 2. The molecule has 0 fully saturated rings. The van der Waals surface area contributed by atoms with E-state index in [1.54, 1.807) is 18.2 Å². The number of rotatable bonds is 7. The van der Waals surface area contributed by atoms with E-state index >= 15 is 0 Å². The van der Waals surface area contributed by atoms with Crippen molar-refractivity contribution >= 4 is 11.7 Å². The van der Waals surface area contributed by atoms with Gasteiger partial charge in [-0.15, -0.1) is 0 Å². The van der Waals surface area contributed by atoms with E-state index < -0.39 is 17.7 Å². The third-order valence-corrected chi connectivity index (χ3v) is 4.27. The minimum atomic E-state index is -0.700. The Hall–Kier alpha value is -2.54. The van der Waals surface area contributed by atoms with Gasteiger partial charge in [0.1, 0.15) is 11.5 Å². The predicted octanol–water partition coefficient (Wildman–Crippen LogP) is 0.133. The number of methoxy groups -OCH3 is 2. The summed E-state index contributed by atoms with van der Waals surface area (Å²) in [7, 11) is 7.01. The molecule has 1 aliphatic heterocycles. The van der Waals surface area contributed by atoms with Crippen LogP contribution in [0.4, 0.5) is 0 Å². The first-order chi connectivity index (χ1) is 11.8. The molecule has 1 atom stereocenters. The summed E-state index contributed by atoms with van der Waals surface area (Å²) in [5, 5.41) is 10.3. The van der Waals surface area contributed by atoms with Crippen molar-refractivity contribution in [1.82, 2.24) is 4.90 Å². The van der Waals surface area contributed by atoms with Crippen LogP contribution in [0, 0.1) is 0 Å². The summed E-state index contributed by atoms with van der Waals surface area (Å²) in [6, 6.07) is 4.49. The van der Waals surface area contributed by atoms with Gasteiger partial charge >= 0.3 is 0 Å². The molecule has 0 saturated carbocycles. The van der Waals surface area contributed by atoms with Gasteiger partial charge in [0, 0.05) is 5.56 Å². The zero-order valence-corrected chi connectivity index (χ0v) is 15.3. The Kier molecular flexibility index (Phi) is 5.69. The van der Waals surface area contributed by atoms with E-state index in [1.165, 1.54) is 26.0 Å². The Morgan fingerprint density at radius 1 is 1.28 bits per heavy atom. The molecule has 2 rings (SSSR count). The number of nitrogens with zero attached hydrogens (tertiary/aromatic N) is 1. The smallest absolute Gasteiger partial charge is 0.290 e. The van der Waals surface area contributed by atoms with Crippen LogP contribution in [0.25, 0.3) is 0 Å². The molecule has 0 radical (unpaired) electrons. The van der Waals surface area contributed by atoms with Crippen LogP contribution >= 0.6 is 0 Å². The molecule has 0 aliphatic carbocycles. The first-order valence-corrected chi connectivity index (χ1v) is 8.07. The van der Waals surface area contributed by atoms with E-state index in [1.807, 2.05) is 14.1 Å². The Balaban J connectivity index is 2.58. The zero-order chi connectivity index (χ0) is 18.7. The van der Waals surface area contributed by atoms with Gasteiger partial charge in [-0.25, -0.2) is 0 Å². The largest absolute Gasteiger partial charge is 0.503 e. The van der Waals surface area contributed by atoms with E-state index in [-0.39, 0.29) is 11.4 Å².